The molecule has 1 aliphatic heterocycles. The summed E-state index contributed by atoms with van der Waals surface area (Å²) in [5, 5.41) is 9.90. The highest BCUT2D eigenvalue weighted by Gasteiger charge is 2.15. The van der Waals surface area contributed by atoms with E-state index in [9.17, 15) is 5.11 Å². The van der Waals surface area contributed by atoms with Crippen LogP contribution in [0.25, 0.3) is 11.1 Å². The molecule has 0 radical (unpaired) electrons. The summed E-state index contributed by atoms with van der Waals surface area (Å²) in [6.45, 7) is 1.10. The van der Waals surface area contributed by atoms with Crippen LogP contribution in [0.4, 0.5) is 5.69 Å². The summed E-state index contributed by atoms with van der Waals surface area (Å²) in [7, 11) is 0. The maximum atomic E-state index is 9.90. The Hall–Kier alpha value is -2.07. The second-order valence-electron chi connectivity index (χ2n) is 4.10. The number of aromatic hydroxyl groups is 1. The quantitative estimate of drug-likeness (QED) is 0.788. The van der Waals surface area contributed by atoms with Crippen molar-refractivity contribution in [3.63, 3.8) is 0 Å². The van der Waals surface area contributed by atoms with E-state index in [2.05, 4.69) is 0 Å². The highest BCUT2D eigenvalue weighted by molar-refractivity contribution is 5.85. The van der Waals surface area contributed by atoms with E-state index in [0.717, 1.165) is 11.3 Å². The van der Waals surface area contributed by atoms with Crippen molar-refractivity contribution in [3.8, 4) is 28.4 Å². The van der Waals surface area contributed by atoms with E-state index in [1.54, 1.807) is 18.2 Å². The lowest BCUT2D eigenvalue weighted by Crippen LogP contribution is -2.15. The molecule has 1 aliphatic rings. The van der Waals surface area contributed by atoms with Crippen LogP contribution in [0.15, 0.2) is 36.4 Å². The average Bonchev–Trinajstić information content (AvgIpc) is 2.38. The van der Waals surface area contributed by atoms with Gasteiger partial charge in [-0.3, -0.25) is 0 Å². The van der Waals surface area contributed by atoms with Crippen molar-refractivity contribution in [1.29, 1.82) is 0 Å². The maximum Gasteiger partial charge on any atom is 0.161 e. The van der Waals surface area contributed by atoms with Crippen molar-refractivity contribution >= 4 is 18.1 Å². The minimum Gasteiger partial charge on any atom is -0.507 e. The zero-order valence-electron chi connectivity index (χ0n) is 10.1. The van der Waals surface area contributed by atoms with Gasteiger partial charge in [-0.1, -0.05) is 12.1 Å². The molecular weight excluding hydrogens is 266 g/mol. The zero-order valence-corrected chi connectivity index (χ0v) is 10.9. The van der Waals surface area contributed by atoms with Crippen LogP contribution in [0.5, 0.6) is 17.2 Å². The van der Waals surface area contributed by atoms with E-state index in [0.29, 0.717) is 30.2 Å². The van der Waals surface area contributed by atoms with Crippen LogP contribution in [-0.2, 0) is 0 Å². The van der Waals surface area contributed by atoms with Gasteiger partial charge in [-0.25, -0.2) is 0 Å². The summed E-state index contributed by atoms with van der Waals surface area (Å²) in [6.07, 6.45) is 0. The number of halogens is 1. The van der Waals surface area contributed by atoms with Crippen LogP contribution >= 0.6 is 12.4 Å². The summed E-state index contributed by atoms with van der Waals surface area (Å²) >= 11 is 0. The molecule has 0 unspecified atom stereocenters. The van der Waals surface area contributed by atoms with Crippen molar-refractivity contribution in [1.82, 2.24) is 0 Å². The summed E-state index contributed by atoms with van der Waals surface area (Å²) in [5.74, 6) is 1.56. The lowest BCUT2D eigenvalue weighted by molar-refractivity contribution is 0.171. The molecule has 0 saturated heterocycles. The van der Waals surface area contributed by atoms with Gasteiger partial charge in [-0.15, -0.1) is 12.4 Å². The molecule has 2 aromatic carbocycles. The van der Waals surface area contributed by atoms with Crippen LogP contribution in [-0.4, -0.2) is 18.3 Å². The molecule has 100 valence electrons. The third-order valence-corrected chi connectivity index (χ3v) is 2.91. The number of fused-ring (bicyclic) bond motifs is 1. The third-order valence-electron chi connectivity index (χ3n) is 2.91. The van der Waals surface area contributed by atoms with Crippen LogP contribution in [0.3, 0.4) is 0 Å². The normalized spacial score (nSPS) is 12.6. The first-order chi connectivity index (χ1) is 8.75. The SMILES string of the molecule is Cl.Nc1cccc(O)c1-c1ccc2c(c1)OCCO2. The number of rotatable bonds is 1. The molecule has 3 rings (SSSR count). The minimum atomic E-state index is 0. The molecule has 4 nitrogen and oxygen atoms in total. The lowest BCUT2D eigenvalue weighted by Gasteiger charge is -2.19. The van der Waals surface area contributed by atoms with E-state index in [-0.39, 0.29) is 18.2 Å². The molecule has 5 heteroatoms. The van der Waals surface area contributed by atoms with Gasteiger partial charge in [0.15, 0.2) is 11.5 Å². The number of nitrogen functional groups attached to an aromatic ring is 1. The molecule has 0 saturated carbocycles. The fourth-order valence-electron chi connectivity index (χ4n) is 2.07. The van der Waals surface area contributed by atoms with Crippen molar-refractivity contribution in [2.45, 2.75) is 0 Å². The number of benzene rings is 2. The molecule has 0 aliphatic carbocycles. The van der Waals surface area contributed by atoms with Crippen molar-refractivity contribution < 1.29 is 14.6 Å². The molecule has 0 fully saturated rings. The smallest absolute Gasteiger partial charge is 0.161 e. The molecule has 19 heavy (non-hydrogen) atoms. The van der Waals surface area contributed by atoms with E-state index < -0.39 is 0 Å². The first kappa shape index (κ1) is 13.4. The van der Waals surface area contributed by atoms with Crippen molar-refractivity contribution in [3.05, 3.63) is 36.4 Å². The van der Waals surface area contributed by atoms with Gasteiger partial charge in [0.1, 0.15) is 19.0 Å². The predicted octanol–water partition coefficient (Wildman–Crippen LogP) is 2.83. The summed E-state index contributed by atoms with van der Waals surface area (Å²) in [4.78, 5) is 0. The minimum absolute atomic E-state index is 0. The summed E-state index contributed by atoms with van der Waals surface area (Å²) in [5.41, 5.74) is 7.87. The molecule has 3 N–H and O–H groups in total. The Morgan fingerprint density at radius 2 is 1.74 bits per heavy atom. The van der Waals surface area contributed by atoms with Crippen molar-refractivity contribution in [2.24, 2.45) is 0 Å². The highest BCUT2D eigenvalue weighted by atomic mass is 35.5. The number of nitrogens with two attached hydrogens (primary N) is 1. The monoisotopic (exact) mass is 279 g/mol. The maximum absolute atomic E-state index is 9.90. The topological polar surface area (TPSA) is 64.7 Å². The summed E-state index contributed by atoms with van der Waals surface area (Å²) in [6, 6.07) is 10.6. The molecule has 0 aromatic heterocycles. The van der Waals surface area contributed by atoms with Crippen LogP contribution in [0.2, 0.25) is 0 Å². The Labute approximate surface area is 117 Å². The van der Waals surface area contributed by atoms with Gasteiger partial charge < -0.3 is 20.3 Å². The first-order valence-corrected chi connectivity index (χ1v) is 5.73. The highest BCUT2D eigenvalue weighted by Crippen LogP contribution is 2.39. The van der Waals surface area contributed by atoms with Gasteiger partial charge in [0.25, 0.3) is 0 Å². The standard InChI is InChI=1S/C14H13NO3.ClH/c15-10-2-1-3-11(16)14(10)9-4-5-12-13(8-9)18-7-6-17-12;/h1-5,8,16H,6-7,15H2;1H. The predicted molar refractivity (Wildman–Crippen MR) is 76.2 cm³/mol. The molecule has 0 atom stereocenters. The molecule has 0 bridgehead atoms. The van der Waals surface area contributed by atoms with Gasteiger partial charge in [0.05, 0.1) is 0 Å². The summed E-state index contributed by atoms with van der Waals surface area (Å²) < 4.78 is 11.0. The fourth-order valence-corrected chi connectivity index (χ4v) is 2.07. The van der Waals surface area contributed by atoms with Gasteiger partial charge >= 0.3 is 0 Å². The van der Waals surface area contributed by atoms with E-state index in [1.807, 2.05) is 18.2 Å². The van der Waals surface area contributed by atoms with Gasteiger partial charge in [-0.2, -0.15) is 0 Å². The number of phenolic OH excluding ortho intramolecular Hbond substituents is 1. The molecular formula is C14H14ClNO3. The average molecular weight is 280 g/mol. The largest absolute Gasteiger partial charge is 0.507 e. The Bertz CT molecular complexity index is 581. The molecule has 2 aromatic rings. The van der Waals surface area contributed by atoms with E-state index in [4.69, 9.17) is 15.2 Å². The Balaban J connectivity index is 0.00000133. The first-order valence-electron chi connectivity index (χ1n) is 5.73. The van der Waals surface area contributed by atoms with Gasteiger partial charge in [-0.05, 0) is 29.8 Å². The van der Waals surface area contributed by atoms with E-state index >= 15 is 0 Å². The molecule has 1 heterocycles. The number of anilines is 1. The van der Waals surface area contributed by atoms with Crippen molar-refractivity contribution in [2.75, 3.05) is 18.9 Å². The number of phenols is 1. The second kappa shape index (κ2) is 5.28. The second-order valence-corrected chi connectivity index (χ2v) is 4.10. The number of hydrogen-bond donors (Lipinski definition) is 2. The zero-order chi connectivity index (χ0) is 12.5. The molecule has 0 amide bonds. The van der Waals surface area contributed by atoms with Gasteiger partial charge in [0.2, 0.25) is 0 Å². The Kier molecular flexibility index (Phi) is 3.71. The van der Waals surface area contributed by atoms with Crippen LogP contribution < -0.4 is 15.2 Å². The Morgan fingerprint density at radius 1 is 1.00 bits per heavy atom. The lowest BCUT2D eigenvalue weighted by atomic mass is 10.0. The van der Waals surface area contributed by atoms with E-state index in [1.165, 1.54) is 0 Å². The Morgan fingerprint density at radius 3 is 2.47 bits per heavy atom. The van der Waals surface area contributed by atoms with Gasteiger partial charge in [0, 0.05) is 11.3 Å². The molecule has 0 spiro atoms. The fraction of sp³-hybridized carbons (Fsp3) is 0.143. The number of hydrogen-bond acceptors (Lipinski definition) is 4. The number of ether oxygens (including phenoxy) is 2. The van der Waals surface area contributed by atoms with Crippen LogP contribution in [0, 0.1) is 0 Å². The third kappa shape index (κ3) is 2.39. The van der Waals surface area contributed by atoms with Crippen LogP contribution in [0.1, 0.15) is 0 Å².